The Morgan fingerprint density at radius 3 is 2.50 bits per heavy atom. The maximum atomic E-state index is 11.9. The Hall–Kier alpha value is -1.40. The zero-order chi connectivity index (χ0) is 10.7. The van der Waals surface area contributed by atoms with Crippen molar-refractivity contribution in [1.82, 2.24) is 0 Å². The minimum Gasteiger partial charge on any atom is -0.432 e. The normalized spacial score (nSPS) is 12.9. The molecule has 5 N–H and O–H groups in total. The van der Waals surface area contributed by atoms with Crippen LogP contribution in [-0.2, 0) is 0 Å². The van der Waals surface area contributed by atoms with Crippen molar-refractivity contribution in [2.45, 2.75) is 12.8 Å². The number of benzene rings is 1. The Morgan fingerprint density at radius 2 is 2.00 bits per heavy atom. The third-order valence-corrected chi connectivity index (χ3v) is 1.60. The zero-order valence-corrected chi connectivity index (χ0v) is 7.15. The molecule has 0 bridgehead atoms. The predicted molar refractivity (Wildman–Crippen MR) is 46.6 cm³/mol. The molecule has 4 nitrogen and oxygen atoms in total. The lowest BCUT2D eigenvalue weighted by Gasteiger charge is -2.14. The number of hydrogen-bond donors (Lipinski definition) is 3. The molecule has 0 aliphatic rings. The number of anilines is 1. The van der Waals surface area contributed by atoms with Gasteiger partial charge in [0.25, 0.3) is 0 Å². The molecule has 1 aromatic carbocycles. The summed E-state index contributed by atoms with van der Waals surface area (Å²) in [4.78, 5) is 0. The molecule has 0 aliphatic carbocycles. The number of nitrogens with two attached hydrogens (primary N) is 2. The van der Waals surface area contributed by atoms with Gasteiger partial charge in [0, 0.05) is 5.56 Å². The highest BCUT2D eigenvalue weighted by molar-refractivity contribution is 5.57. The highest BCUT2D eigenvalue weighted by atomic mass is 19.3. The van der Waals surface area contributed by atoms with Gasteiger partial charge in [0.15, 0.2) is 5.75 Å². The van der Waals surface area contributed by atoms with E-state index in [1.807, 2.05) is 0 Å². The number of aliphatic hydroxyl groups excluding tert-OH is 1. The lowest BCUT2D eigenvalue weighted by Crippen LogP contribution is -2.14. The average Bonchev–Trinajstić information content (AvgIpc) is 2.07. The van der Waals surface area contributed by atoms with Crippen LogP contribution < -0.4 is 16.2 Å². The van der Waals surface area contributed by atoms with Crippen LogP contribution in [0.15, 0.2) is 18.2 Å². The van der Waals surface area contributed by atoms with E-state index in [-0.39, 0.29) is 17.0 Å². The summed E-state index contributed by atoms with van der Waals surface area (Å²) < 4.78 is 28.0. The van der Waals surface area contributed by atoms with Gasteiger partial charge >= 0.3 is 6.61 Å². The Bertz CT molecular complexity index is 318. The van der Waals surface area contributed by atoms with Gasteiger partial charge in [0.05, 0.1) is 5.69 Å². The van der Waals surface area contributed by atoms with Gasteiger partial charge in [-0.25, -0.2) is 0 Å². The molecule has 1 atom stereocenters. The number of hydrogen-bond acceptors (Lipinski definition) is 4. The summed E-state index contributed by atoms with van der Waals surface area (Å²) in [6, 6.07) is 4.22. The molecule has 0 saturated carbocycles. The van der Waals surface area contributed by atoms with Gasteiger partial charge in [-0.05, 0) is 6.07 Å². The van der Waals surface area contributed by atoms with E-state index >= 15 is 0 Å². The summed E-state index contributed by atoms with van der Waals surface area (Å²) >= 11 is 0. The first-order valence-electron chi connectivity index (χ1n) is 3.79. The third-order valence-electron chi connectivity index (χ3n) is 1.60. The van der Waals surface area contributed by atoms with E-state index in [0.29, 0.717) is 0 Å². The topological polar surface area (TPSA) is 81.5 Å². The van der Waals surface area contributed by atoms with Gasteiger partial charge in [0.1, 0.15) is 6.23 Å². The summed E-state index contributed by atoms with van der Waals surface area (Å²) in [5, 5.41) is 9.04. The number of rotatable bonds is 3. The lowest BCUT2D eigenvalue weighted by molar-refractivity contribution is -0.0509. The number of nitrogen functional groups attached to an aromatic ring is 1. The fraction of sp³-hybridized carbons (Fsp3) is 0.250. The molecule has 6 heteroatoms. The molecular weight excluding hydrogens is 194 g/mol. The number of halogens is 2. The molecule has 1 unspecified atom stereocenters. The van der Waals surface area contributed by atoms with Gasteiger partial charge in [-0.3, -0.25) is 0 Å². The Kier molecular flexibility index (Phi) is 3.21. The largest absolute Gasteiger partial charge is 0.432 e. The van der Waals surface area contributed by atoms with Crippen LogP contribution in [0.25, 0.3) is 0 Å². The van der Waals surface area contributed by atoms with Crippen LogP contribution >= 0.6 is 0 Å². The van der Waals surface area contributed by atoms with E-state index in [2.05, 4.69) is 4.74 Å². The molecule has 78 valence electrons. The fourth-order valence-corrected chi connectivity index (χ4v) is 1.03. The van der Waals surface area contributed by atoms with Gasteiger partial charge in [-0.2, -0.15) is 8.78 Å². The summed E-state index contributed by atoms with van der Waals surface area (Å²) in [5.74, 6) is -0.280. The second-order valence-electron chi connectivity index (χ2n) is 2.59. The van der Waals surface area contributed by atoms with Gasteiger partial charge in [-0.1, -0.05) is 12.1 Å². The smallest absolute Gasteiger partial charge is 0.387 e. The summed E-state index contributed by atoms with van der Waals surface area (Å²) in [5.41, 5.74) is 10.6. The molecule has 1 aromatic rings. The predicted octanol–water partition coefficient (Wildman–Crippen LogP) is 0.820. The molecular formula is C8H10F2N2O2. The Labute approximate surface area is 79.1 Å². The Morgan fingerprint density at radius 1 is 1.36 bits per heavy atom. The van der Waals surface area contributed by atoms with Crippen molar-refractivity contribution in [3.8, 4) is 5.75 Å². The van der Waals surface area contributed by atoms with Crippen molar-refractivity contribution in [3.05, 3.63) is 23.8 Å². The van der Waals surface area contributed by atoms with Crippen LogP contribution in [0.2, 0.25) is 0 Å². The van der Waals surface area contributed by atoms with E-state index in [1.165, 1.54) is 18.2 Å². The molecule has 0 radical (unpaired) electrons. The maximum absolute atomic E-state index is 11.9. The quantitative estimate of drug-likeness (QED) is 0.503. The van der Waals surface area contributed by atoms with Gasteiger partial charge in [0.2, 0.25) is 0 Å². The van der Waals surface area contributed by atoms with Crippen LogP contribution in [0.5, 0.6) is 5.75 Å². The molecule has 0 heterocycles. The maximum Gasteiger partial charge on any atom is 0.387 e. The lowest BCUT2D eigenvalue weighted by atomic mass is 10.1. The molecule has 0 fully saturated rings. The van der Waals surface area contributed by atoms with Crippen molar-refractivity contribution in [2.24, 2.45) is 5.73 Å². The van der Waals surface area contributed by atoms with E-state index in [0.717, 1.165) is 0 Å². The first kappa shape index (κ1) is 10.7. The molecule has 0 aromatic heterocycles. The fourth-order valence-electron chi connectivity index (χ4n) is 1.03. The SMILES string of the molecule is Nc1cccc(C(N)O)c1OC(F)F. The van der Waals surface area contributed by atoms with Crippen molar-refractivity contribution >= 4 is 5.69 Å². The number of ether oxygens (including phenoxy) is 1. The van der Waals surface area contributed by atoms with Crippen LogP contribution in [0.1, 0.15) is 11.8 Å². The van der Waals surface area contributed by atoms with Crippen LogP contribution in [0.4, 0.5) is 14.5 Å². The second kappa shape index (κ2) is 4.21. The van der Waals surface area contributed by atoms with Crippen LogP contribution in [0.3, 0.4) is 0 Å². The zero-order valence-electron chi connectivity index (χ0n) is 7.15. The number of aliphatic hydroxyl groups is 1. The number of alkyl halides is 2. The summed E-state index contributed by atoms with van der Waals surface area (Å²) in [7, 11) is 0. The molecule has 14 heavy (non-hydrogen) atoms. The average molecular weight is 204 g/mol. The molecule has 0 spiro atoms. The van der Waals surface area contributed by atoms with Crippen LogP contribution in [0, 0.1) is 0 Å². The highest BCUT2D eigenvalue weighted by Crippen LogP contribution is 2.30. The third kappa shape index (κ3) is 2.30. The minimum atomic E-state index is -3.00. The number of para-hydroxylation sites is 1. The molecule has 1 rings (SSSR count). The van der Waals surface area contributed by atoms with E-state index in [4.69, 9.17) is 16.6 Å². The monoisotopic (exact) mass is 204 g/mol. The molecule has 0 saturated heterocycles. The van der Waals surface area contributed by atoms with Crippen molar-refractivity contribution in [1.29, 1.82) is 0 Å². The molecule has 0 amide bonds. The standard InChI is InChI=1S/C8H10F2N2O2/c9-8(10)14-6-4(7(12)13)2-1-3-5(6)11/h1-3,7-8,13H,11-12H2. The summed E-state index contributed by atoms with van der Waals surface area (Å²) in [6.45, 7) is -3.00. The Balaban J connectivity index is 3.09. The van der Waals surface area contributed by atoms with Gasteiger partial charge < -0.3 is 21.3 Å². The van der Waals surface area contributed by atoms with E-state index in [1.54, 1.807) is 0 Å². The van der Waals surface area contributed by atoms with Crippen LogP contribution in [-0.4, -0.2) is 11.7 Å². The van der Waals surface area contributed by atoms with Crippen molar-refractivity contribution in [3.63, 3.8) is 0 Å². The van der Waals surface area contributed by atoms with Crippen molar-refractivity contribution < 1.29 is 18.6 Å². The van der Waals surface area contributed by atoms with Crippen molar-refractivity contribution in [2.75, 3.05) is 5.73 Å². The molecule has 0 aliphatic heterocycles. The minimum absolute atomic E-state index is 0.00676. The van der Waals surface area contributed by atoms with E-state index in [9.17, 15) is 8.78 Å². The first-order valence-corrected chi connectivity index (χ1v) is 3.79. The van der Waals surface area contributed by atoms with E-state index < -0.39 is 12.8 Å². The van der Waals surface area contributed by atoms with Gasteiger partial charge in [-0.15, -0.1) is 0 Å². The first-order chi connectivity index (χ1) is 6.52. The highest BCUT2D eigenvalue weighted by Gasteiger charge is 2.15. The summed E-state index contributed by atoms with van der Waals surface area (Å²) in [6.07, 6.45) is -1.40. The second-order valence-corrected chi connectivity index (χ2v) is 2.59.